The Bertz CT molecular complexity index is 416. The molecule has 0 atom stereocenters. The molecule has 1 rings (SSSR count). The molecule has 94 valence electrons. The van der Waals surface area contributed by atoms with Gasteiger partial charge in [-0.05, 0) is 30.2 Å². The molecule has 0 unspecified atom stereocenters. The minimum absolute atomic E-state index is 0.102. The third kappa shape index (κ3) is 4.44. The number of hydrogen-bond donors (Lipinski definition) is 2. The summed E-state index contributed by atoms with van der Waals surface area (Å²) in [7, 11) is 0. The monoisotopic (exact) mass is 246 g/mol. The molecule has 6 heteroatoms. The molecule has 1 aromatic carbocycles. The highest BCUT2D eigenvalue weighted by Crippen LogP contribution is 2.14. The van der Waals surface area contributed by atoms with Crippen molar-refractivity contribution in [2.24, 2.45) is 5.73 Å². The first-order chi connectivity index (χ1) is 7.79. The van der Waals surface area contributed by atoms with E-state index in [2.05, 4.69) is 5.32 Å². The van der Waals surface area contributed by atoms with E-state index in [0.717, 1.165) is 5.56 Å². The topological polar surface area (TPSA) is 55.1 Å². The molecule has 3 N–H and O–H groups in total. The summed E-state index contributed by atoms with van der Waals surface area (Å²) < 4.78 is 35.7. The normalized spacial score (nSPS) is 11.5. The number of aryl methyl sites for hydroxylation is 1. The molecule has 17 heavy (non-hydrogen) atoms. The first kappa shape index (κ1) is 13.5. The van der Waals surface area contributed by atoms with E-state index in [4.69, 9.17) is 5.73 Å². The third-order valence-corrected chi connectivity index (χ3v) is 2.27. The standard InChI is InChI=1S/C11H13F3N2O/c1-7-4-8(10(15)17)2-3-9(7)5-16-6-11(12,13)14/h2-4,16H,5-6H2,1H3,(H2,15,17). The van der Waals surface area contributed by atoms with Crippen molar-refractivity contribution < 1.29 is 18.0 Å². The van der Waals surface area contributed by atoms with Gasteiger partial charge in [-0.1, -0.05) is 6.07 Å². The largest absolute Gasteiger partial charge is 0.401 e. The number of hydrogen-bond acceptors (Lipinski definition) is 2. The van der Waals surface area contributed by atoms with Crippen molar-refractivity contribution >= 4 is 5.91 Å². The van der Waals surface area contributed by atoms with Crippen molar-refractivity contribution in [3.8, 4) is 0 Å². The smallest absolute Gasteiger partial charge is 0.366 e. The maximum absolute atomic E-state index is 11.9. The van der Waals surface area contributed by atoms with Crippen LogP contribution in [0.4, 0.5) is 13.2 Å². The number of rotatable bonds is 4. The van der Waals surface area contributed by atoms with E-state index in [1.54, 1.807) is 19.1 Å². The molecule has 0 saturated heterocycles. The first-order valence-corrected chi connectivity index (χ1v) is 4.96. The Labute approximate surface area is 96.8 Å². The summed E-state index contributed by atoms with van der Waals surface area (Å²) in [5.41, 5.74) is 6.88. The number of benzene rings is 1. The van der Waals surface area contributed by atoms with Crippen LogP contribution in [0.3, 0.4) is 0 Å². The predicted octanol–water partition coefficient (Wildman–Crippen LogP) is 1.75. The first-order valence-electron chi connectivity index (χ1n) is 4.96. The van der Waals surface area contributed by atoms with Gasteiger partial charge >= 0.3 is 6.18 Å². The summed E-state index contributed by atoms with van der Waals surface area (Å²) in [5, 5.41) is 2.29. The Morgan fingerprint density at radius 3 is 2.53 bits per heavy atom. The van der Waals surface area contributed by atoms with Gasteiger partial charge in [0.25, 0.3) is 0 Å². The minimum Gasteiger partial charge on any atom is -0.366 e. The van der Waals surface area contributed by atoms with Crippen molar-refractivity contribution in [1.29, 1.82) is 0 Å². The predicted molar refractivity (Wildman–Crippen MR) is 57.5 cm³/mol. The van der Waals surface area contributed by atoms with E-state index < -0.39 is 18.6 Å². The van der Waals surface area contributed by atoms with E-state index in [9.17, 15) is 18.0 Å². The molecule has 1 amide bonds. The van der Waals surface area contributed by atoms with Crippen LogP contribution in [-0.4, -0.2) is 18.6 Å². The van der Waals surface area contributed by atoms with Gasteiger partial charge < -0.3 is 11.1 Å². The van der Waals surface area contributed by atoms with Crippen molar-refractivity contribution in [3.63, 3.8) is 0 Å². The van der Waals surface area contributed by atoms with Crippen molar-refractivity contribution in [3.05, 3.63) is 34.9 Å². The summed E-state index contributed by atoms with van der Waals surface area (Å²) in [5.74, 6) is -0.553. The highest BCUT2D eigenvalue weighted by molar-refractivity contribution is 5.93. The number of halogens is 3. The lowest BCUT2D eigenvalue weighted by Gasteiger charge is -2.10. The second kappa shape index (κ2) is 5.18. The Morgan fingerprint density at radius 2 is 2.06 bits per heavy atom. The van der Waals surface area contributed by atoms with E-state index in [1.807, 2.05) is 0 Å². The number of carbonyl (C=O) groups is 1. The van der Waals surface area contributed by atoms with E-state index >= 15 is 0 Å². The Morgan fingerprint density at radius 1 is 1.41 bits per heavy atom. The van der Waals surface area contributed by atoms with E-state index in [-0.39, 0.29) is 6.54 Å². The van der Waals surface area contributed by atoms with Gasteiger partial charge in [0.2, 0.25) is 5.91 Å². The zero-order valence-electron chi connectivity index (χ0n) is 9.27. The average molecular weight is 246 g/mol. The lowest BCUT2D eigenvalue weighted by molar-refractivity contribution is -0.125. The van der Waals surface area contributed by atoms with Crippen LogP contribution in [0, 0.1) is 6.92 Å². The zero-order valence-corrected chi connectivity index (χ0v) is 9.27. The molecule has 0 spiro atoms. The van der Waals surface area contributed by atoms with Crippen LogP contribution in [0.1, 0.15) is 21.5 Å². The molecule has 1 aromatic rings. The Balaban J connectivity index is 2.64. The van der Waals surface area contributed by atoms with Gasteiger partial charge in [0, 0.05) is 12.1 Å². The lowest BCUT2D eigenvalue weighted by Crippen LogP contribution is -2.28. The molecular formula is C11H13F3N2O. The quantitative estimate of drug-likeness (QED) is 0.850. The van der Waals surface area contributed by atoms with Crippen LogP contribution in [0.2, 0.25) is 0 Å². The molecular weight excluding hydrogens is 233 g/mol. The number of carbonyl (C=O) groups excluding carboxylic acids is 1. The molecule has 0 bridgehead atoms. The van der Waals surface area contributed by atoms with Crippen molar-refractivity contribution in [2.45, 2.75) is 19.6 Å². The number of alkyl halides is 3. The fraction of sp³-hybridized carbons (Fsp3) is 0.364. The summed E-state index contributed by atoms with van der Waals surface area (Å²) in [6.45, 7) is 0.783. The fourth-order valence-electron chi connectivity index (χ4n) is 1.39. The summed E-state index contributed by atoms with van der Waals surface area (Å²) >= 11 is 0. The van der Waals surface area contributed by atoms with Crippen LogP contribution in [-0.2, 0) is 6.54 Å². The minimum atomic E-state index is -4.22. The van der Waals surface area contributed by atoms with Gasteiger partial charge in [-0.15, -0.1) is 0 Å². The summed E-state index contributed by atoms with van der Waals surface area (Å²) in [6, 6.07) is 4.66. The maximum Gasteiger partial charge on any atom is 0.401 e. The third-order valence-electron chi connectivity index (χ3n) is 2.27. The van der Waals surface area contributed by atoms with Crippen molar-refractivity contribution in [1.82, 2.24) is 5.32 Å². The number of amides is 1. The van der Waals surface area contributed by atoms with Gasteiger partial charge in [-0.2, -0.15) is 13.2 Å². The fourth-order valence-corrected chi connectivity index (χ4v) is 1.39. The second-order valence-corrected chi connectivity index (χ2v) is 3.72. The van der Waals surface area contributed by atoms with Crippen LogP contribution < -0.4 is 11.1 Å². The Kier molecular flexibility index (Phi) is 4.11. The number of nitrogens with one attached hydrogen (secondary N) is 1. The van der Waals surface area contributed by atoms with Gasteiger partial charge in [-0.3, -0.25) is 4.79 Å². The van der Waals surface area contributed by atoms with Crippen LogP contribution in [0.25, 0.3) is 0 Å². The molecule has 0 fully saturated rings. The maximum atomic E-state index is 11.9. The lowest BCUT2D eigenvalue weighted by atomic mass is 10.0. The van der Waals surface area contributed by atoms with E-state index in [0.29, 0.717) is 11.1 Å². The van der Waals surface area contributed by atoms with Crippen LogP contribution >= 0.6 is 0 Å². The van der Waals surface area contributed by atoms with Gasteiger partial charge in [0.1, 0.15) is 0 Å². The highest BCUT2D eigenvalue weighted by Gasteiger charge is 2.26. The molecule has 0 radical (unpaired) electrons. The van der Waals surface area contributed by atoms with Gasteiger partial charge in [0.15, 0.2) is 0 Å². The molecule has 0 aliphatic heterocycles. The summed E-state index contributed by atoms with van der Waals surface area (Å²) in [6.07, 6.45) is -4.22. The highest BCUT2D eigenvalue weighted by atomic mass is 19.4. The number of primary amides is 1. The Hall–Kier alpha value is -1.56. The van der Waals surface area contributed by atoms with Crippen LogP contribution in [0.15, 0.2) is 18.2 Å². The van der Waals surface area contributed by atoms with Crippen molar-refractivity contribution in [2.75, 3.05) is 6.54 Å². The average Bonchev–Trinajstić information content (AvgIpc) is 2.18. The van der Waals surface area contributed by atoms with Gasteiger partial charge in [-0.25, -0.2) is 0 Å². The molecule has 0 aliphatic carbocycles. The van der Waals surface area contributed by atoms with Gasteiger partial charge in [0.05, 0.1) is 6.54 Å². The molecule has 3 nitrogen and oxygen atoms in total. The second-order valence-electron chi connectivity index (χ2n) is 3.72. The number of nitrogens with two attached hydrogens (primary N) is 1. The molecule has 0 aliphatic rings. The molecule has 0 heterocycles. The molecule has 0 saturated carbocycles. The van der Waals surface area contributed by atoms with Crippen LogP contribution in [0.5, 0.6) is 0 Å². The zero-order chi connectivity index (χ0) is 13.1. The summed E-state index contributed by atoms with van der Waals surface area (Å²) in [4.78, 5) is 10.9. The molecule has 0 aromatic heterocycles. The SMILES string of the molecule is Cc1cc(C(N)=O)ccc1CNCC(F)(F)F. The van der Waals surface area contributed by atoms with E-state index in [1.165, 1.54) is 6.07 Å².